The van der Waals surface area contributed by atoms with Crippen molar-refractivity contribution in [1.29, 1.82) is 0 Å². The Bertz CT molecular complexity index is 4710. The van der Waals surface area contributed by atoms with Crippen LogP contribution in [0, 0.1) is 82.4 Å². The Hall–Kier alpha value is -8.77. The van der Waals surface area contributed by atoms with E-state index in [1.807, 2.05) is 119 Å². The number of benzene rings is 9. The van der Waals surface area contributed by atoms with Crippen LogP contribution < -0.4 is 0 Å². The Morgan fingerprint density at radius 1 is 0.298 bits per heavy atom. The zero-order chi connectivity index (χ0) is 89.5. The second-order valence-electron chi connectivity index (χ2n) is 32.8. The van der Waals surface area contributed by atoms with E-state index < -0.39 is 72.3 Å². The summed E-state index contributed by atoms with van der Waals surface area (Å²) in [5.41, 5.74) is 22.6. The number of aliphatic hydroxyl groups is 6. The number of halogens is 10. The molecular weight excluding hydrogens is 2140 g/mol. The van der Waals surface area contributed by atoms with E-state index in [1.165, 1.54) is 54.2 Å². The van der Waals surface area contributed by atoms with Gasteiger partial charge in [-0.3, -0.25) is 15.0 Å². The summed E-state index contributed by atoms with van der Waals surface area (Å²) in [4.78, 5) is 29.2. The van der Waals surface area contributed by atoms with Gasteiger partial charge in [0.2, 0.25) is 0 Å². The zero-order valence-corrected chi connectivity index (χ0v) is 79.1. The summed E-state index contributed by atoms with van der Waals surface area (Å²) >= 11 is 0. The number of aryl methyl sites for hydroxylation is 6. The molecule has 12 rings (SSSR count). The Morgan fingerprint density at radius 3 is 0.766 bits per heavy atom. The molecule has 0 amide bonds. The first-order chi connectivity index (χ1) is 56.7. The maximum Gasteiger partial charge on any atom is 0.459 e. The van der Waals surface area contributed by atoms with Crippen LogP contribution >= 0.6 is 0 Å². The van der Waals surface area contributed by atoms with E-state index in [0.717, 1.165) is 101 Å². The number of nitrogens with zero attached hydrogens (tertiary/aromatic N) is 6. The van der Waals surface area contributed by atoms with Crippen molar-refractivity contribution < 1.29 is 135 Å². The second-order valence-corrected chi connectivity index (χ2v) is 32.8. The van der Waals surface area contributed by atoms with Crippen molar-refractivity contribution >= 4 is 0 Å². The third-order valence-corrected chi connectivity index (χ3v) is 19.7. The number of hydrogen-bond acceptors (Lipinski definition) is 12. The van der Waals surface area contributed by atoms with Crippen molar-refractivity contribution in [2.24, 2.45) is 22.7 Å². The predicted octanol–water partition coefficient (Wildman–Crippen LogP) is 23.8. The van der Waals surface area contributed by atoms with Crippen molar-refractivity contribution in [2.45, 2.75) is 191 Å². The average Bonchev–Trinajstić information content (AvgIpc) is 0.762. The molecule has 0 saturated carbocycles. The van der Waals surface area contributed by atoms with Crippen LogP contribution in [0.25, 0.3) is 101 Å². The molecular formula is C99H107F10Ir3N6O6-3. The van der Waals surface area contributed by atoms with Gasteiger partial charge >= 0.3 is 24.2 Å². The number of hydrogen-bond donors (Lipinski definition) is 6. The van der Waals surface area contributed by atoms with Crippen LogP contribution in [0.15, 0.2) is 237 Å². The minimum absolute atomic E-state index is 0. The van der Waals surface area contributed by atoms with Gasteiger partial charge in [-0.25, -0.2) is 0 Å². The van der Waals surface area contributed by atoms with Crippen LogP contribution in [0.3, 0.4) is 0 Å². The maximum atomic E-state index is 13.0. The summed E-state index contributed by atoms with van der Waals surface area (Å²) in [6.07, 6.45) is -16.4. The van der Waals surface area contributed by atoms with E-state index in [-0.39, 0.29) is 84.4 Å². The fraction of sp³-hybridized carbons (Fsp3) is 0.333. The second kappa shape index (κ2) is 48.2. The van der Waals surface area contributed by atoms with E-state index in [1.54, 1.807) is 20.8 Å². The third-order valence-electron chi connectivity index (χ3n) is 19.7. The van der Waals surface area contributed by atoms with Crippen LogP contribution in [0.1, 0.15) is 122 Å². The summed E-state index contributed by atoms with van der Waals surface area (Å²) in [6.45, 7) is 29.2. The van der Waals surface area contributed by atoms with Gasteiger partial charge < -0.3 is 45.6 Å². The summed E-state index contributed by atoms with van der Waals surface area (Å²) in [5.74, 6) is -11.6. The van der Waals surface area contributed by atoms with Gasteiger partial charge in [0.15, 0.2) is 6.10 Å². The van der Waals surface area contributed by atoms with Crippen LogP contribution in [0.2, 0.25) is 0 Å². The molecule has 0 aliphatic heterocycles. The molecule has 124 heavy (non-hydrogen) atoms. The standard InChI is InChI=1S/3C24H19N2.C10H15F7O2.C9H20O2.C8H15F3O2.3Ir/c3*1-17-8-12-20(13-9-17)23-24(21-14-10-18(2)11-15-21)26-22(16-25-23)19-6-4-3-5-7-19;1-7(2,3)5(18)4-6(19)8(11,12)9(13,14)10(15,16)17;1-6(2)8(10)5-9(11)7(3)4;1-7(2,3)5(12)4-6(13)8(9,10)11;;;/h3*3-12,14-16H,1-2H3;5-6,18-19H,4H2,1-3H3;6-11H,5H2,1-4H3;5-6,12-13H,4H2,1-3H3;;;/q3*-1;;;;;;. The molecule has 6 N–H and O–H groups in total. The average molecular weight is 2240 g/mol. The summed E-state index contributed by atoms with van der Waals surface area (Å²) in [5, 5.41) is 55.0. The largest absolute Gasteiger partial charge is 0.459 e. The first kappa shape index (κ1) is 108. The van der Waals surface area contributed by atoms with E-state index in [4.69, 9.17) is 40.1 Å². The number of rotatable bonds is 19. The van der Waals surface area contributed by atoms with Gasteiger partial charge in [-0.2, -0.15) is 43.9 Å². The molecule has 3 radical (unpaired) electrons. The molecule has 6 atom stereocenters. The molecule has 12 nitrogen and oxygen atoms in total. The van der Waals surface area contributed by atoms with Gasteiger partial charge in [0.25, 0.3) is 0 Å². The first-order valence-corrected chi connectivity index (χ1v) is 39.6. The van der Waals surface area contributed by atoms with Gasteiger partial charge in [-0.15, -0.1) is 106 Å². The van der Waals surface area contributed by atoms with Gasteiger partial charge in [-0.05, 0) is 66.5 Å². The Labute approximate surface area is 762 Å². The fourth-order valence-corrected chi connectivity index (χ4v) is 11.3. The van der Waals surface area contributed by atoms with Crippen molar-refractivity contribution in [1.82, 2.24) is 29.9 Å². The minimum Gasteiger partial charge on any atom is -0.393 e. The molecule has 0 bridgehead atoms. The normalized spacial score (nSPS) is 13.0. The minimum atomic E-state index is -6.50. The van der Waals surface area contributed by atoms with E-state index in [0.29, 0.717) is 6.42 Å². The molecule has 669 valence electrons. The quantitative estimate of drug-likeness (QED) is 0.0331. The molecule has 0 saturated heterocycles. The number of alkyl halides is 10. The Morgan fingerprint density at radius 2 is 0.548 bits per heavy atom. The molecule has 12 aromatic rings. The van der Waals surface area contributed by atoms with Gasteiger partial charge in [0, 0.05) is 126 Å². The van der Waals surface area contributed by atoms with E-state index in [2.05, 4.69) is 205 Å². The van der Waals surface area contributed by atoms with Crippen LogP contribution in [0.5, 0.6) is 0 Å². The van der Waals surface area contributed by atoms with Crippen molar-refractivity contribution in [3.8, 4) is 101 Å². The Balaban J connectivity index is 0.000000319. The summed E-state index contributed by atoms with van der Waals surface area (Å²) < 4.78 is 122. The number of aromatic nitrogens is 6. The topological polar surface area (TPSA) is 199 Å². The van der Waals surface area contributed by atoms with Gasteiger partial charge in [-0.1, -0.05) is 270 Å². The SMILES string of the molecule is CC(C)(C)C(O)CC(O)C(F)(F)C(F)(F)C(F)(F)F.CC(C)(C)C(O)CC(O)C(F)(F)F.CC(C)C(O)CC(O)C(C)C.Cc1c[c-]c(-c2ncc(-c3ccccc3)nc2-c2ccc(C)cc2)cc1.Cc1c[c-]c(-c2ncc(-c3ccccc3)nc2-c2ccc(C)cc2)cc1.Cc1c[c-]c(-c2ncc(-c3ccccc3)nc2-c2ccc(C)cc2)cc1.[Ir].[Ir].[Ir]. The van der Waals surface area contributed by atoms with Crippen LogP contribution in [-0.4, -0.2) is 121 Å². The molecule has 25 heteroatoms. The van der Waals surface area contributed by atoms with Gasteiger partial charge in [0.05, 0.1) is 58.6 Å². The summed E-state index contributed by atoms with van der Waals surface area (Å²) in [6, 6.07) is 84.1. The molecule has 0 spiro atoms. The van der Waals surface area contributed by atoms with Crippen molar-refractivity contribution in [3.05, 3.63) is 289 Å². The Kier molecular flexibility index (Phi) is 41.8. The zero-order valence-electron chi connectivity index (χ0n) is 71.9. The molecule has 0 aliphatic carbocycles. The van der Waals surface area contributed by atoms with E-state index >= 15 is 0 Å². The van der Waals surface area contributed by atoms with Crippen LogP contribution in [-0.2, 0) is 60.3 Å². The summed E-state index contributed by atoms with van der Waals surface area (Å²) in [7, 11) is 0. The molecule has 0 fully saturated rings. The molecule has 3 heterocycles. The third kappa shape index (κ3) is 31.7. The molecule has 0 aliphatic rings. The maximum absolute atomic E-state index is 13.0. The monoisotopic (exact) mass is 2240 g/mol. The molecule has 9 aromatic carbocycles. The van der Waals surface area contributed by atoms with Crippen molar-refractivity contribution in [2.75, 3.05) is 0 Å². The van der Waals surface area contributed by atoms with Crippen molar-refractivity contribution in [3.63, 3.8) is 0 Å². The van der Waals surface area contributed by atoms with Gasteiger partial charge in [0.1, 0.15) is 6.10 Å². The predicted molar refractivity (Wildman–Crippen MR) is 460 cm³/mol. The number of aliphatic hydroxyl groups excluding tert-OH is 6. The van der Waals surface area contributed by atoms with E-state index in [9.17, 15) is 64.3 Å². The molecule has 3 aromatic heterocycles. The smallest absolute Gasteiger partial charge is 0.393 e. The molecule has 6 unspecified atom stereocenters. The van der Waals surface area contributed by atoms with Crippen LogP contribution in [0.4, 0.5) is 43.9 Å². The first-order valence-electron chi connectivity index (χ1n) is 39.6. The fourth-order valence-electron chi connectivity index (χ4n) is 11.3.